The average molecular weight is 561 g/mol. The third-order valence-corrected chi connectivity index (χ3v) is 9.00. The Bertz CT molecular complexity index is 1600. The van der Waals surface area contributed by atoms with Gasteiger partial charge in [0.25, 0.3) is 0 Å². The van der Waals surface area contributed by atoms with E-state index in [1.54, 1.807) is 11.1 Å². The number of halogens is 1. The van der Waals surface area contributed by atoms with Crippen molar-refractivity contribution < 1.29 is 17.6 Å². The molecule has 40 heavy (non-hydrogen) atoms. The van der Waals surface area contributed by atoms with Crippen LogP contribution in [0.4, 0.5) is 10.1 Å². The molecule has 9 heteroatoms. The molecule has 0 saturated heterocycles. The molecule has 3 aromatic carbocycles. The summed E-state index contributed by atoms with van der Waals surface area (Å²) in [7, 11) is -2.06. The fourth-order valence-electron chi connectivity index (χ4n) is 5.25. The summed E-state index contributed by atoms with van der Waals surface area (Å²) in [5.41, 5.74) is 3.63. The summed E-state index contributed by atoms with van der Waals surface area (Å²) < 4.78 is 44.7. The van der Waals surface area contributed by atoms with E-state index in [1.807, 2.05) is 73.3 Å². The Morgan fingerprint density at radius 2 is 1.93 bits per heavy atom. The predicted molar refractivity (Wildman–Crippen MR) is 153 cm³/mol. The number of amides is 1. The zero-order valence-corrected chi connectivity index (χ0v) is 23.4. The van der Waals surface area contributed by atoms with Gasteiger partial charge in [-0.3, -0.25) is 4.79 Å². The molecule has 1 aliphatic rings. The van der Waals surface area contributed by atoms with Gasteiger partial charge in [0.15, 0.2) is 0 Å². The van der Waals surface area contributed by atoms with Crippen molar-refractivity contribution in [1.29, 1.82) is 0 Å². The molecule has 1 heterocycles. The van der Waals surface area contributed by atoms with E-state index >= 15 is 0 Å². The normalized spacial score (nSPS) is 15.8. The van der Waals surface area contributed by atoms with Crippen LogP contribution in [0.15, 0.2) is 90.1 Å². The fraction of sp³-hybridized carbons (Fsp3) is 0.290. The predicted octanol–water partition coefficient (Wildman–Crippen LogP) is 5.64. The van der Waals surface area contributed by atoms with Gasteiger partial charge < -0.3 is 9.47 Å². The largest absolute Gasteiger partial charge is 0.337 e. The van der Waals surface area contributed by atoms with Crippen LogP contribution in [0.2, 0.25) is 0 Å². The topological polar surface area (TPSA) is 84.3 Å². The summed E-state index contributed by atoms with van der Waals surface area (Å²) in [6, 6.07) is 20.3. The van der Waals surface area contributed by atoms with Crippen molar-refractivity contribution in [2.45, 2.75) is 56.0 Å². The van der Waals surface area contributed by atoms with Crippen molar-refractivity contribution in [2.24, 2.45) is 7.05 Å². The molecule has 0 saturated carbocycles. The number of anilines is 1. The van der Waals surface area contributed by atoms with Gasteiger partial charge in [0.2, 0.25) is 15.9 Å². The summed E-state index contributed by atoms with van der Waals surface area (Å²) in [6.07, 6.45) is 6.08. The highest BCUT2D eigenvalue weighted by Gasteiger charge is 2.28. The number of carbonyl (C=O) groups is 1. The Labute approximate surface area is 234 Å². The first-order valence-electron chi connectivity index (χ1n) is 13.4. The minimum absolute atomic E-state index is 0.0148. The monoisotopic (exact) mass is 560 g/mol. The Morgan fingerprint density at radius 1 is 1.12 bits per heavy atom. The van der Waals surface area contributed by atoms with E-state index in [0.717, 1.165) is 41.4 Å². The first-order chi connectivity index (χ1) is 19.2. The molecule has 0 aliphatic heterocycles. The van der Waals surface area contributed by atoms with Gasteiger partial charge in [0, 0.05) is 37.6 Å². The zero-order valence-electron chi connectivity index (χ0n) is 22.6. The van der Waals surface area contributed by atoms with Gasteiger partial charge in [-0.1, -0.05) is 49.4 Å². The maximum Gasteiger partial charge on any atom is 0.241 e. The highest BCUT2D eigenvalue weighted by molar-refractivity contribution is 7.89. The van der Waals surface area contributed by atoms with Gasteiger partial charge in [-0.25, -0.2) is 22.5 Å². The van der Waals surface area contributed by atoms with E-state index in [4.69, 9.17) is 0 Å². The second kappa shape index (κ2) is 11.7. The summed E-state index contributed by atoms with van der Waals surface area (Å²) >= 11 is 0. The standard InChI is InChI=1S/C31H33FN4O3S/c1-22(23-8-4-3-5-9-23)18-31(37)36(21-30-33-16-17-35(30)2)26-15-14-24-10-6-13-29(28(24)20-26)34-40(38,39)27-12-7-11-25(32)19-27/h3-5,7-9,11-12,14-17,19-20,22,29,34H,6,10,13,18,21H2,1-2H3/t22-,29-/m0/s1. The molecule has 1 aromatic heterocycles. The maximum absolute atomic E-state index is 13.8. The Hall–Kier alpha value is -3.82. The second-order valence-electron chi connectivity index (χ2n) is 10.4. The lowest BCUT2D eigenvalue weighted by Crippen LogP contribution is -2.34. The third kappa shape index (κ3) is 6.16. The highest BCUT2D eigenvalue weighted by atomic mass is 32.2. The van der Waals surface area contributed by atoms with Gasteiger partial charge in [-0.15, -0.1) is 0 Å². The van der Waals surface area contributed by atoms with Crippen molar-refractivity contribution in [3.8, 4) is 0 Å². The summed E-state index contributed by atoms with van der Waals surface area (Å²) in [5.74, 6) is 0.0946. The first kappa shape index (κ1) is 27.7. The second-order valence-corrected chi connectivity index (χ2v) is 12.1. The van der Waals surface area contributed by atoms with Crippen molar-refractivity contribution in [2.75, 3.05) is 4.90 Å². The molecular weight excluding hydrogens is 527 g/mol. The molecular formula is C31H33FN4O3S. The van der Waals surface area contributed by atoms with Crippen LogP contribution in [0.25, 0.3) is 0 Å². The van der Waals surface area contributed by atoms with Crippen LogP contribution in [0.5, 0.6) is 0 Å². The van der Waals surface area contributed by atoms with E-state index in [-0.39, 0.29) is 23.3 Å². The first-order valence-corrected chi connectivity index (χ1v) is 14.9. The fourth-order valence-corrected chi connectivity index (χ4v) is 6.53. The minimum atomic E-state index is -3.95. The van der Waals surface area contributed by atoms with Gasteiger partial charge in [0.05, 0.1) is 11.4 Å². The Kier molecular flexibility index (Phi) is 8.14. The van der Waals surface area contributed by atoms with Crippen molar-refractivity contribution >= 4 is 21.6 Å². The number of nitrogens with one attached hydrogen (secondary N) is 1. The van der Waals surface area contributed by atoms with E-state index in [0.29, 0.717) is 18.5 Å². The SMILES string of the molecule is C[C@@H](CC(=O)N(Cc1nccn1C)c1ccc2c(c1)[C@@H](NS(=O)(=O)c1cccc(F)c1)CCC2)c1ccccc1. The van der Waals surface area contributed by atoms with E-state index in [1.165, 1.54) is 18.2 Å². The molecule has 0 spiro atoms. The molecule has 4 aromatic rings. The molecule has 5 rings (SSSR count). The maximum atomic E-state index is 13.8. The number of aryl methyl sites for hydroxylation is 2. The lowest BCUT2D eigenvalue weighted by Gasteiger charge is -2.30. The number of hydrogen-bond acceptors (Lipinski definition) is 4. The molecule has 1 amide bonds. The summed E-state index contributed by atoms with van der Waals surface area (Å²) in [5, 5.41) is 0. The molecule has 7 nitrogen and oxygen atoms in total. The third-order valence-electron chi connectivity index (χ3n) is 7.53. The number of hydrogen-bond donors (Lipinski definition) is 1. The van der Waals surface area contributed by atoms with Crippen molar-refractivity contribution in [3.63, 3.8) is 0 Å². The van der Waals surface area contributed by atoms with Gasteiger partial charge in [-0.2, -0.15) is 0 Å². The lowest BCUT2D eigenvalue weighted by molar-refractivity contribution is -0.119. The molecule has 0 bridgehead atoms. The van der Waals surface area contributed by atoms with Gasteiger partial charge in [0.1, 0.15) is 11.6 Å². The number of benzene rings is 3. The van der Waals surface area contributed by atoms with Crippen LogP contribution in [-0.4, -0.2) is 23.9 Å². The van der Waals surface area contributed by atoms with Gasteiger partial charge >= 0.3 is 0 Å². The number of aromatic nitrogens is 2. The molecule has 0 unspecified atom stereocenters. The van der Waals surface area contributed by atoms with E-state index in [2.05, 4.69) is 9.71 Å². The number of sulfonamides is 1. The van der Waals surface area contributed by atoms with Crippen LogP contribution in [-0.2, 0) is 34.8 Å². The molecule has 0 radical (unpaired) electrons. The van der Waals surface area contributed by atoms with Gasteiger partial charge in [-0.05, 0) is 72.2 Å². The summed E-state index contributed by atoms with van der Waals surface area (Å²) in [4.78, 5) is 19.9. The number of fused-ring (bicyclic) bond motifs is 1. The van der Waals surface area contributed by atoms with Crippen LogP contribution in [0, 0.1) is 5.82 Å². The molecule has 1 aliphatic carbocycles. The minimum Gasteiger partial charge on any atom is -0.337 e. The Balaban J connectivity index is 1.46. The zero-order chi connectivity index (χ0) is 28.3. The van der Waals surface area contributed by atoms with Crippen LogP contribution < -0.4 is 9.62 Å². The number of rotatable bonds is 9. The molecule has 208 valence electrons. The molecule has 0 fully saturated rings. The quantitative estimate of drug-likeness (QED) is 0.287. The molecule has 1 N–H and O–H groups in total. The number of carbonyl (C=O) groups excluding carboxylic acids is 1. The summed E-state index contributed by atoms with van der Waals surface area (Å²) in [6.45, 7) is 2.32. The van der Waals surface area contributed by atoms with Crippen LogP contribution in [0.1, 0.15) is 60.7 Å². The highest BCUT2D eigenvalue weighted by Crippen LogP contribution is 2.35. The smallest absolute Gasteiger partial charge is 0.241 e. The molecule has 2 atom stereocenters. The van der Waals surface area contributed by atoms with E-state index in [9.17, 15) is 17.6 Å². The van der Waals surface area contributed by atoms with Crippen molar-refractivity contribution in [1.82, 2.24) is 14.3 Å². The number of imidazole rings is 1. The van der Waals surface area contributed by atoms with Crippen LogP contribution >= 0.6 is 0 Å². The number of nitrogens with zero attached hydrogens (tertiary/aromatic N) is 3. The van der Waals surface area contributed by atoms with Crippen LogP contribution in [0.3, 0.4) is 0 Å². The lowest BCUT2D eigenvalue weighted by atomic mass is 9.87. The van der Waals surface area contributed by atoms with E-state index < -0.39 is 21.9 Å². The average Bonchev–Trinajstić information content (AvgIpc) is 3.36. The Morgan fingerprint density at radius 3 is 2.65 bits per heavy atom. The van der Waals surface area contributed by atoms with Crippen molar-refractivity contribution in [3.05, 3.63) is 114 Å².